The molecule has 0 rings (SSSR count). The van der Waals surface area contributed by atoms with E-state index in [2.05, 4.69) is 50.5 Å². The summed E-state index contributed by atoms with van der Waals surface area (Å²) < 4.78 is 5.63. The van der Waals surface area contributed by atoms with Crippen LogP contribution in [0.5, 0.6) is 0 Å². The van der Waals surface area contributed by atoms with Crippen molar-refractivity contribution in [1.29, 1.82) is 0 Å². The van der Waals surface area contributed by atoms with Crippen molar-refractivity contribution in [2.45, 2.75) is 51.5 Å². The smallest absolute Gasteiger partial charge is 0.0598 e. The number of alkyl halides is 1. The van der Waals surface area contributed by atoms with Gasteiger partial charge in [0.2, 0.25) is 0 Å². The fraction of sp³-hybridized carbons (Fsp3) is 1.00. The molecular weight excluding hydrogens is 216 g/mol. The maximum atomic E-state index is 5.63. The Morgan fingerprint density at radius 1 is 1.25 bits per heavy atom. The number of hydrogen-bond acceptors (Lipinski definition) is 1. The average Bonchev–Trinajstić information content (AvgIpc) is 1.84. The van der Waals surface area contributed by atoms with E-state index in [1.165, 1.54) is 0 Å². The van der Waals surface area contributed by atoms with Gasteiger partial charge in [-0.25, -0.2) is 0 Å². The Labute approximate surface area is 85.0 Å². The summed E-state index contributed by atoms with van der Waals surface area (Å²) in [6.07, 6.45) is 1.13. The van der Waals surface area contributed by atoms with Crippen molar-refractivity contribution in [3.05, 3.63) is 0 Å². The molecule has 74 valence electrons. The lowest BCUT2D eigenvalue weighted by Gasteiger charge is -2.21. The van der Waals surface area contributed by atoms with Crippen LogP contribution in [0.15, 0.2) is 0 Å². The van der Waals surface area contributed by atoms with Crippen LogP contribution in [0, 0.1) is 5.92 Å². The van der Waals surface area contributed by atoms with Crippen molar-refractivity contribution in [1.82, 2.24) is 0 Å². The monoisotopic (exact) mass is 236 g/mol. The van der Waals surface area contributed by atoms with Crippen LogP contribution in [0.25, 0.3) is 0 Å². The maximum Gasteiger partial charge on any atom is 0.0598 e. The van der Waals surface area contributed by atoms with E-state index in [1.807, 2.05) is 0 Å². The summed E-state index contributed by atoms with van der Waals surface area (Å²) in [4.78, 5) is 0.584. The van der Waals surface area contributed by atoms with E-state index in [0.29, 0.717) is 10.7 Å². The molecule has 0 aromatic heterocycles. The fourth-order valence-electron chi connectivity index (χ4n) is 0.781. The molecular formula is C10H21BrO. The van der Waals surface area contributed by atoms with Crippen LogP contribution < -0.4 is 0 Å². The highest BCUT2D eigenvalue weighted by Crippen LogP contribution is 2.17. The molecule has 0 aliphatic heterocycles. The lowest BCUT2D eigenvalue weighted by molar-refractivity contribution is -0.00833. The van der Waals surface area contributed by atoms with Crippen LogP contribution in [0.1, 0.15) is 41.0 Å². The molecule has 0 aromatic rings. The molecule has 0 bridgehead atoms. The van der Waals surface area contributed by atoms with Gasteiger partial charge in [0.1, 0.15) is 0 Å². The van der Waals surface area contributed by atoms with Gasteiger partial charge in [-0.3, -0.25) is 0 Å². The van der Waals surface area contributed by atoms with E-state index < -0.39 is 0 Å². The summed E-state index contributed by atoms with van der Waals surface area (Å²) in [6, 6.07) is 0. The molecule has 0 aliphatic carbocycles. The van der Waals surface area contributed by atoms with Gasteiger partial charge in [-0.05, 0) is 33.1 Å². The largest absolute Gasteiger partial charge is 0.376 e. The summed E-state index contributed by atoms with van der Waals surface area (Å²) in [6.45, 7) is 11.6. The number of rotatable bonds is 4. The highest BCUT2D eigenvalue weighted by Gasteiger charge is 2.12. The van der Waals surface area contributed by atoms with Crippen molar-refractivity contribution in [2.24, 2.45) is 5.92 Å². The van der Waals surface area contributed by atoms with Gasteiger partial charge in [0, 0.05) is 11.4 Å². The third-order valence-electron chi connectivity index (χ3n) is 1.89. The molecule has 0 aliphatic rings. The minimum absolute atomic E-state index is 0.00920. The Morgan fingerprint density at radius 2 is 1.75 bits per heavy atom. The quantitative estimate of drug-likeness (QED) is 0.678. The number of hydrogen-bond donors (Lipinski definition) is 0. The van der Waals surface area contributed by atoms with Crippen LogP contribution in [0.3, 0.4) is 0 Å². The normalized spacial score (nSPS) is 17.5. The molecule has 0 aromatic carbocycles. The predicted molar refractivity (Wildman–Crippen MR) is 57.9 cm³/mol. The third kappa shape index (κ3) is 7.11. The van der Waals surface area contributed by atoms with Crippen molar-refractivity contribution in [2.75, 3.05) is 6.61 Å². The molecule has 2 atom stereocenters. The van der Waals surface area contributed by atoms with Crippen molar-refractivity contribution in [3.63, 3.8) is 0 Å². The molecule has 1 nitrogen and oxygen atoms in total. The highest BCUT2D eigenvalue weighted by molar-refractivity contribution is 9.09. The summed E-state index contributed by atoms with van der Waals surface area (Å²) in [5.41, 5.74) is 0.00920. The second kappa shape index (κ2) is 5.23. The summed E-state index contributed by atoms with van der Waals surface area (Å²) in [5, 5.41) is 0. The molecule has 2 unspecified atom stereocenters. The minimum Gasteiger partial charge on any atom is -0.376 e. The zero-order valence-corrected chi connectivity index (χ0v) is 10.4. The maximum absolute atomic E-state index is 5.63. The lowest BCUT2D eigenvalue weighted by atomic mass is 10.1. The van der Waals surface area contributed by atoms with Gasteiger partial charge in [-0.1, -0.05) is 29.8 Å². The molecule has 2 heteroatoms. The Bertz CT molecular complexity index is 115. The van der Waals surface area contributed by atoms with Crippen LogP contribution in [0.2, 0.25) is 0 Å². The second-order valence-corrected chi connectivity index (χ2v) is 5.85. The first-order valence-electron chi connectivity index (χ1n) is 4.61. The molecule has 12 heavy (non-hydrogen) atoms. The first kappa shape index (κ1) is 12.4. The van der Waals surface area contributed by atoms with Gasteiger partial charge < -0.3 is 4.74 Å². The standard InChI is InChI=1S/C10H21BrO/c1-8(9(2)11)6-7-12-10(3,4)5/h8-9H,6-7H2,1-5H3. The van der Waals surface area contributed by atoms with E-state index in [9.17, 15) is 0 Å². The van der Waals surface area contributed by atoms with Crippen LogP contribution >= 0.6 is 15.9 Å². The molecule has 0 radical (unpaired) electrons. The van der Waals surface area contributed by atoms with Crippen LogP contribution in [0.4, 0.5) is 0 Å². The first-order valence-corrected chi connectivity index (χ1v) is 5.52. The third-order valence-corrected chi connectivity index (χ3v) is 2.79. The van der Waals surface area contributed by atoms with E-state index in [1.54, 1.807) is 0 Å². The summed E-state index contributed by atoms with van der Waals surface area (Å²) in [5.74, 6) is 0.687. The van der Waals surface area contributed by atoms with Gasteiger partial charge >= 0.3 is 0 Å². The highest BCUT2D eigenvalue weighted by atomic mass is 79.9. The van der Waals surface area contributed by atoms with Crippen LogP contribution in [-0.2, 0) is 4.74 Å². The second-order valence-electron chi connectivity index (χ2n) is 4.40. The SMILES string of the molecule is CC(Br)C(C)CCOC(C)(C)C. The molecule has 0 saturated heterocycles. The Morgan fingerprint density at radius 3 is 2.08 bits per heavy atom. The van der Waals surface area contributed by atoms with Gasteiger partial charge in [-0.15, -0.1) is 0 Å². The Balaban J connectivity index is 3.44. The lowest BCUT2D eigenvalue weighted by Crippen LogP contribution is -2.21. The minimum atomic E-state index is 0.00920. The summed E-state index contributed by atoms with van der Waals surface area (Å²) >= 11 is 3.56. The zero-order chi connectivity index (χ0) is 9.78. The summed E-state index contributed by atoms with van der Waals surface area (Å²) in [7, 11) is 0. The van der Waals surface area contributed by atoms with E-state index in [4.69, 9.17) is 4.74 Å². The zero-order valence-electron chi connectivity index (χ0n) is 8.86. The van der Waals surface area contributed by atoms with Crippen LogP contribution in [-0.4, -0.2) is 17.0 Å². The molecule has 0 N–H and O–H groups in total. The number of halogens is 1. The van der Waals surface area contributed by atoms with Gasteiger partial charge in [0.05, 0.1) is 5.60 Å². The van der Waals surface area contributed by atoms with Crippen molar-refractivity contribution in [3.8, 4) is 0 Å². The molecule has 0 amide bonds. The van der Waals surface area contributed by atoms with E-state index in [0.717, 1.165) is 13.0 Å². The first-order chi connectivity index (χ1) is 5.33. The molecule has 0 fully saturated rings. The van der Waals surface area contributed by atoms with Crippen molar-refractivity contribution >= 4 is 15.9 Å². The van der Waals surface area contributed by atoms with Gasteiger partial charge in [0.25, 0.3) is 0 Å². The number of ether oxygens (including phenoxy) is 1. The molecule has 0 heterocycles. The predicted octanol–water partition coefficient (Wildman–Crippen LogP) is 3.61. The Hall–Kier alpha value is 0.440. The topological polar surface area (TPSA) is 9.23 Å². The fourth-order valence-corrected chi connectivity index (χ4v) is 1.04. The Kier molecular flexibility index (Phi) is 5.42. The molecule has 0 spiro atoms. The van der Waals surface area contributed by atoms with Gasteiger partial charge in [0.15, 0.2) is 0 Å². The van der Waals surface area contributed by atoms with Crippen molar-refractivity contribution < 1.29 is 4.74 Å². The van der Waals surface area contributed by atoms with E-state index >= 15 is 0 Å². The molecule has 0 saturated carbocycles. The van der Waals surface area contributed by atoms with E-state index in [-0.39, 0.29) is 5.60 Å². The average molecular weight is 237 g/mol. The van der Waals surface area contributed by atoms with Gasteiger partial charge in [-0.2, -0.15) is 0 Å².